The van der Waals surface area contributed by atoms with Gasteiger partial charge in [-0.3, -0.25) is 5.10 Å². The zero-order chi connectivity index (χ0) is 21.3. The molecule has 2 aromatic heterocycles. The van der Waals surface area contributed by atoms with Gasteiger partial charge in [0.1, 0.15) is 12.4 Å². The fraction of sp³-hybridized carbons (Fsp3) is 0.429. The number of hydrogen-bond donors (Lipinski definition) is 1. The van der Waals surface area contributed by atoms with E-state index >= 15 is 0 Å². The van der Waals surface area contributed by atoms with Crippen molar-refractivity contribution in [3.8, 4) is 5.75 Å². The molecule has 0 unspecified atom stereocenters. The van der Waals surface area contributed by atoms with Crippen molar-refractivity contribution in [1.82, 2.24) is 24.1 Å². The quantitative estimate of drug-likeness (QED) is 0.623. The average molecular weight is 430 g/mol. The molecule has 0 bridgehead atoms. The van der Waals surface area contributed by atoms with E-state index in [1.807, 2.05) is 18.2 Å². The highest BCUT2D eigenvalue weighted by Gasteiger charge is 2.35. The molecule has 3 heterocycles. The highest BCUT2D eigenvalue weighted by Crippen LogP contribution is 2.30. The third-order valence-electron chi connectivity index (χ3n) is 5.45. The largest absolute Gasteiger partial charge is 0.487 e. The molecule has 8 nitrogen and oxygen atoms in total. The fourth-order valence-corrected chi connectivity index (χ4v) is 5.08. The van der Waals surface area contributed by atoms with Crippen LogP contribution in [-0.4, -0.2) is 45.6 Å². The molecule has 160 valence electrons. The standard InChI is InChI=1S/C21H27N5O3S/c1-15(2)16-4-6-19(7-5-16)29-13-18-10-20(24-23-18)17-8-9-26(11-17)30(27,28)21-12-25(3)14-22-21/h4-7,10,12,14-15,17H,8-9,11,13H2,1-3H3,(H,23,24)/t17-/m1/s1. The monoisotopic (exact) mass is 429 g/mol. The summed E-state index contributed by atoms with van der Waals surface area (Å²) in [6.45, 7) is 5.57. The number of H-pyrrole nitrogens is 1. The van der Waals surface area contributed by atoms with Crippen molar-refractivity contribution in [3.63, 3.8) is 0 Å². The minimum absolute atomic E-state index is 0.0545. The molecule has 1 N–H and O–H groups in total. The van der Waals surface area contributed by atoms with E-state index in [-0.39, 0.29) is 10.9 Å². The van der Waals surface area contributed by atoms with E-state index in [2.05, 4.69) is 41.2 Å². The van der Waals surface area contributed by atoms with Gasteiger partial charge in [0.05, 0.1) is 17.7 Å². The predicted octanol–water partition coefficient (Wildman–Crippen LogP) is 3.02. The molecule has 1 aliphatic rings. The van der Waals surface area contributed by atoms with Crippen molar-refractivity contribution in [2.75, 3.05) is 13.1 Å². The number of aromatic nitrogens is 4. The Bertz CT molecular complexity index is 1100. The third kappa shape index (κ3) is 4.27. The van der Waals surface area contributed by atoms with Crippen molar-refractivity contribution >= 4 is 10.0 Å². The third-order valence-corrected chi connectivity index (χ3v) is 7.20. The fourth-order valence-electron chi connectivity index (χ4n) is 3.61. The smallest absolute Gasteiger partial charge is 0.262 e. The number of imidazole rings is 1. The molecule has 30 heavy (non-hydrogen) atoms. The van der Waals surface area contributed by atoms with Gasteiger partial charge in [-0.05, 0) is 36.1 Å². The molecule has 0 spiro atoms. The van der Waals surface area contributed by atoms with Crippen molar-refractivity contribution in [1.29, 1.82) is 0 Å². The van der Waals surface area contributed by atoms with Gasteiger partial charge in [0.25, 0.3) is 10.0 Å². The molecule has 1 aliphatic heterocycles. The highest BCUT2D eigenvalue weighted by molar-refractivity contribution is 7.89. The number of aromatic amines is 1. The van der Waals surface area contributed by atoms with Crippen LogP contribution >= 0.6 is 0 Å². The summed E-state index contributed by atoms with van der Waals surface area (Å²) in [5, 5.41) is 7.50. The van der Waals surface area contributed by atoms with E-state index in [4.69, 9.17) is 4.74 Å². The van der Waals surface area contributed by atoms with Gasteiger partial charge in [0.2, 0.25) is 0 Å². The molecule has 1 aromatic carbocycles. The maximum Gasteiger partial charge on any atom is 0.262 e. The van der Waals surface area contributed by atoms with Gasteiger partial charge in [-0.1, -0.05) is 26.0 Å². The van der Waals surface area contributed by atoms with E-state index in [1.54, 1.807) is 11.6 Å². The Kier molecular flexibility index (Phi) is 5.66. The van der Waals surface area contributed by atoms with Crippen LogP contribution in [0.2, 0.25) is 0 Å². The number of benzene rings is 1. The van der Waals surface area contributed by atoms with Gasteiger partial charge in [-0.2, -0.15) is 9.40 Å². The second-order valence-corrected chi connectivity index (χ2v) is 9.94. The maximum absolute atomic E-state index is 12.8. The van der Waals surface area contributed by atoms with Crippen molar-refractivity contribution < 1.29 is 13.2 Å². The van der Waals surface area contributed by atoms with Crippen LogP contribution in [-0.2, 0) is 23.7 Å². The zero-order valence-electron chi connectivity index (χ0n) is 17.4. The molecule has 0 aliphatic carbocycles. The molecule has 1 saturated heterocycles. The lowest BCUT2D eigenvalue weighted by atomic mass is 10.0. The number of nitrogens with one attached hydrogen (secondary N) is 1. The first-order valence-electron chi connectivity index (χ1n) is 10.1. The minimum atomic E-state index is -3.57. The van der Waals surface area contributed by atoms with Gasteiger partial charge in [0, 0.05) is 32.3 Å². The highest BCUT2D eigenvalue weighted by atomic mass is 32.2. The summed E-state index contributed by atoms with van der Waals surface area (Å²) in [4.78, 5) is 4.00. The lowest BCUT2D eigenvalue weighted by molar-refractivity contribution is 0.301. The van der Waals surface area contributed by atoms with E-state index in [1.165, 1.54) is 22.4 Å². The molecule has 3 aromatic rings. The summed E-state index contributed by atoms with van der Waals surface area (Å²) in [7, 11) is -1.81. The van der Waals surface area contributed by atoms with Crippen LogP contribution in [0.3, 0.4) is 0 Å². The van der Waals surface area contributed by atoms with Gasteiger partial charge < -0.3 is 9.30 Å². The number of aryl methyl sites for hydroxylation is 1. The van der Waals surface area contributed by atoms with Gasteiger partial charge in [0.15, 0.2) is 5.03 Å². The first-order valence-corrected chi connectivity index (χ1v) is 11.5. The van der Waals surface area contributed by atoms with Crippen LogP contribution in [0.4, 0.5) is 0 Å². The first-order chi connectivity index (χ1) is 14.3. The number of sulfonamides is 1. The van der Waals surface area contributed by atoms with E-state index in [9.17, 15) is 8.42 Å². The van der Waals surface area contributed by atoms with Crippen LogP contribution < -0.4 is 4.74 Å². The van der Waals surface area contributed by atoms with E-state index in [0.29, 0.717) is 25.6 Å². The number of ether oxygens (including phenoxy) is 1. The van der Waals surface area contributed by atoms with Crippen LogP contribution in [0.25, 0.3) is 0 Å². The summed E-state index contributed by atoms with van der Waals surface area (Å²) < 4.78 is 34.5. The van der Waals surface area contributed by atoms with Gasteiger partial charge >= 0.3 is 0 Å². The van der Waals surface area contributed by atoms with Gasteiger partial charge in [-0.25, -0.2) is 13.4 Å². The summed E-state index contributed by atoms with van der Waals surface area (Å²) in [5.41, 5.74) is 3.00. The molecule has 0 amide bonds. The lowest BCUT2D eigenvalue weighted by Gasteiger charge is -2.14. The molecular weight excluding hydrogens is 402 g/mol. The SMILES string of the molecule is CC(C)c1ccc(OCc2cc([C@@H]3CCN(S(=O)(=O)c4cn(C)cn4)C3)n[nH]2)cc1. The Labute approximate surface area is 176 Å². The predicted molar refractivity (Wildman–Crippen MR) is 113 cm³/mol. The molecule has 1 atom stereocenters. The zero-order valence-corrected chi connectivity index (χ0v) is 18.3. The van der Waals surface area contributed by atoms with Crippen molar-refractivity contribution in [2.45, 2.75) is 43.7 Å². The summed E-state index contributed by atoms with van der Waals surface area (Å²) in [6, 6.07) is 10.1. The Morgan fingerprint density at radius 1 is 1.27 bits per heavy atom. The van der Waals surface area contributed by atoms with Crippen molar-refractivity contribution in [3.05, 3.63) is 59.8 Å². The minimum Gasteiger partial charge on any atom is -0.487 e. The molecule has 4 rings (SSSR count). The van der Waals surface area contributed by atoms with Gasteiger partial charge in [-0.15, -0.1) is 0 Å². The maximum atomic E-state index is 12.8. The Morgan fingerprint density at radius 3 is 2.70 bits per heavy atom. The topological polar surface area (TPSA) is 93.1 Å². The summed E-state index contributed by atoms with van der Waals surface area (Å²) in [6.07, 6.45) is 3.75. The number of nitrogens with zero attached hydrogens (tertiary/aromatic N) is 4. The summed E-state index contributed by atoms with van der Waals surface area (Å²) in [5.74, 6) is 1.35. The average Bonchev–Trinajstić information content (AvgIpc) is 3.47. The normalized spacial score (nSPS) is 17.7. The molecule has 9 heteroatoms. The Morgan fingerprint density at radius 2 is 2.03 bits per heavy atom. The van der Waals surface area contributed by atoms with Crippen LogP contribution in [0.1, 0.15) is 49.1 Å². The molecule has 1 fully saturated rings. The Hall–Kier alpha value is -2.65. The summed E-state index contributed by atoms with van der Waals surface area (Å²) >= 11 is 0. The van der Waals surface area contributed by atoms with Crippen molar-refractivity contribution in [2.24, 2.45) is 7.05 Å². The van der Waals surface area contributed by atoms with Crippen LogP contribution in [0.15, 0.2) is 47.9 Å². The number of rotatable bonds is 7. The molecular formula is C21H27N5O3S. The number of hydrogen-bond acceptors (Lipinski definition) is 5. The second-order valence-electron chi connectivity index (χ2n) is 8.06. The van der Waals surface area contributed by atoms with E-state index < -0.39 is 10.0 Å². The first kappa shape index (κ1) is 20.6. The Balaban J connectivity index is 1.36. The van der Waals surface area contributed by atoms with Crippen LogP contribution in [0.5, 0.6) is 5.75 Å². The second kappa shape index (κ2) is 8.23. The lowest BCUT2D eigenvalue weighted by Crippen LogP contribution is -2.29. The molecule has 0 saturated carbocycles. The van der Waals surface area contributed by atoms with E-state index in [0.717, 1.165) is 23.6 Å². The van der Waals surface area contributed by atoms with Crippen LogP contribution in [0, 0.1) is 0 Å². The molecule has 0 radical (unpaired) electrons.